The zero-order valence-corrected chi connectivity index (χ0v) is 12.9. The summed E-state index contributed by atoms with van der Waals surface area (Å²) in [7, 11) is 0. The van der Waals surface area contributed by atoms with Gasteiger partial charge in [-0.05, 0) is 24.7 Å². The zero-order valence-electron chi connectivity index (χ0n) is 12.9. The van der Waals surface area contributed by atoms with Crippen LogP contribution in [0.5, 0.6) is 0 Å². The number of likely N-dealkylation sites (tertiary alicyclic amines) is 1. The van der Waals surface area contributed by atoms with Crippen molar-refractivity contribution >= 4 is 11.8 Å². The van der Waals surface area contributed by atoms with Crippen LogP contribution in [-0.4, -0.2) is 47.6 Å². The first-order valence-electron chi connectivity index (χ1n) is 7.52. The van der Waals surface area contributed by atoms with Crippen LogP contribution in [0.4, 0.5) is 0 Å². The van der Waals surface area contributed by atoms with Crippen LogP contribution in [-0.2, 0) is 9.59 Å². The lowest BCUT2D eigenvalue weighted by Gasteiger charge is -2.32. The number of aliphatic hydroxyl groups is 1. The number of nitrogens with one attached hydrogen (secondary N) is 1. The van der Waals surface area contributed by atoms with Gasteiger partial charge in [-0.15, -0.1) is 0 Å². The first-order chi connectivity index (χ1) is 9.34. The third-order valence-electron chi connectivity index (χ3n) is 3.80. The molecule has 5 heteroatoms. The molecule has 20 heavy (non-hydrogen) atoms. The van der Waals surface area contributed by atoms with E-state index in [1.54, 1.807) is 4.90 Å². The molecule has 1 unspecified atom stereocenters. The van der Waals surface area contributed by atoms with Crippen LogP contribution in [0, 0.1) is 5.41 Å². The van der Waals surface area contributed by atoms with Crippen LogP contribution in [0.3, 0.4) is 0 Å². The molecular formula is C15H28N2O3. The van der Waals surface area contributed by atoms with E-state index in [9.17, 15) is 9.59 Å². The summed E-state index contributed by atoms with van der Waals surface area (Å²) in [4.78, 5) is 25.6. The Morgan fingerprint density at radius 2 is 2.05 bits per heavy atom. The minimum Gasteiger partial charge on any atom is -0.396 e. The Kier molecular flexibility index (Phi) is 6.46. The third-order valence-corrected chi connectivity index (χ3v) is 3.80. The molecule has 116 valence electrons. The maximum atomic E-state index is 12.1. The van der Waals surface area contributed by atoms with E-state index in [2.05, 4.69) is 5.32 Å². The molecule has 0 aromatic carbocycles. The topological polar surface area (TPSA) is 69.6 Å². The Morgan fingerprint density at radius 3 is 2.65 bits per heavy atom. The summed E-state index contributed by atoms with van der Waals surface area (Å²) < 4.78 is 0. The SMILES string of the molecule is CC(C)(C)C(CCO)NC(=O)CN1CCCCCC1=O. The van der Waals surface area contributed by atoms with Crippen LogP contribution in [0.1, 0.15) is 52.9 Å². The molecule has 1 rings (SSSR count). The van der Waals surface area contributed by atoms with E-state index in [4.69, 9.17) is 5.11 Å². The number of hydrogen-bond donors (Lipinski definition) is 2. The minimum atomic E-state index is -0.131. The Morgan fingerprint density at radius 1 is 1.35 bits per heavy atom. The normalized spacial score (nSPS) is 18.6. The van der Waals surface area contributed by atoms with Gasteiger partial charge >= 0.3 is 0 Å². The van der Waals surface area contributed by atoms with Gasteiger partial charge in [0.05, 0.1) is 6.54 Å². The van der Waals surface area contributed by atoms with Crippen LogP contribution in [0.15, 0.2) is 0 Å². The lowest BCUT2D eigenvalue weighted by molar-refractivity contribution is -0.136. The molecule has 0 aromatic rings. The van der Waals surface area contributed by atoms with Crippen LogP contribution in [0.25, 0.3) is 0 Å². The predicted molar refractivity (Wildman–Crippen MR) is 78.1 cm³/mol. The van der Waals surface area contributed by atoms with E-state index in [-0.39, 0.29) is 36.4 Å². The smallest absolute Gasteiger partial charge is 0.239 e. The molecule has 0 bridgehead atoms. The second kappa shape index (κ2) is 7.62. The number of hydrogen-bond acceptors (Lipinski definition) is 3. The van der Waals surface area contributed by atoms with E-state index in [1.807, 2.05) is 20.8 Å². The molecule has 5 nitrogen and oxygen atoms in total. The van der Waals surface area contributed by atoms with Gasteiger partial charge in [-0.25, -0.2) is 0 Å². The first kappa shape index (κ1) is 17.0. The highest BCUT2D eigenvalue weighted by molar-refractivity contribution is 5.85. The summed E-state index contributed by atoms with van der Waals surface area (Å²) in [5, 5.41) is 12.1. The number of aliphatic hydroxyl groups excluding tert-OH is 1. The first-order valence-corrected chi connectivity index (χ1v) is 7.52. The lowest BCUT2D eigenvalue weighted by Crippen LogP contribution is -2.48. The quantitative estimate of drug-likeness (QED) is 0.799. The average Bonchev–Trinajstić information content (AvgIpc) is 2.53. The van der Waals surface area contributed by atoms with Gasteiger partial charge in [0, 0.05) is 25.6 Å². The molecule has 2 N–H and O–H groups in total. The Bertz CT molecular complexity index is 337. The van der Waals surface area contributed by atoms with Crippen molar-refractivity contribution in [2.75, 3.05) is 19.7 Å². The fourth-order valence-corrected chi connectivity index (χ4v) is 2.47. The van der Waals surface area contributed by atoms with E-state index in [0.29, 0.717) is 19.4 Å². The predicted octanol–water partition coefficient (Wildman–Crippen LogP) is 1.30. The van der Waals surface area contributed by atoms with Crippen molar-refractivity contribution in [1.82, 2.24) is 10.2 Å². The van der Waals surface area contributed by atoms with Crippen LogP contribution in [0.2, 0.25) is 0 Å². The van der Waals surface area contributed by atoms with Crippen molar-refractivity contribution in [3.05, 3.63) is 0 Å². The summed E-state index contributed by atoms with van der Waals surface area (Å²) in [6.07, 6.45) is 4.03. The summed E-state index contributed by atoms with van der Waals surface area (Å²) in [6.45, 7) is 6.95. The van der Waals surface area contributed by atoms with Gasteiger partial charge in [0.2, 0.25) is 11.8 Å². The van der Waals surface area contributed by atoms with Gasteiger partial charge in [0.1, 0.15) is 0 Å². The van der Waals surface area contributed by atoms with Crippen molar-refractivity contribution in [3.8, 4) is 0 Å². The molecule has 1 atom stereocenters. The van der Waals surface area contributed by atoms with Gasteiger partial charge < -0.3 is 15.3 Å². The molecule has 0 aliphatic carbocycles. The number of nitrogens with zero attached hydrogens (tertiary/aromatic N) is 1. The fourth-order valence-electron chi connectivity index (χ4n) is 2.47. The maximum Gasteiger partial charge on any atom is 0.239 e. The van der Waals surface area contributed by atoms with Crippen LogP contribution >= 0.6 is 0 Å². The standard InChI is InChI=1S/C15H28N2O3/c1-15(2,3)12(8-10-18)16-13(19)11-17-9-6-4-5-7-14(17)20/h12,18H,4-11H2,1-3H3,(H,16,19). The number of carbonyl (C=O) groups is 2. The van der Waals surface area contributed by atoms with E-state index >= 15 is 0 Å². The molecule has 0 spiro atoms. The van der Waals surface area contributed by atoms with Crippen molar-refractivity contribution in [2.45, 2.75) is 58.9 Å². The molecule has 1 saturated heterocycles. The monoisotopic (exact) mass is 284 g/mol. The van der Waals surface area contributed by atoms with E-state index < -0.39 is 0 Å². The van der Waals surface area contributed by atoms with E-state index in [1.165, 1.54) is 0 Å². The molecule has 1 fully saturated rings. The third kappa shape index (κ3) is 5.49. The molecule has 0 aromatic heterocycles. The highest BCUT2D eigenvalue weighted by Gasteiger charge is 2.27. The molecule has 1 aliphatic rings. The second-order valence-corrected chi connectivity index (χ2v) is 6.62. The number of carbonyl (C=O) groups excluding carboxylic acids is 2. The fraction of sp³-hybridized carbons (Fsp3) is 0.867. The molecule has 1 heterocycles. The van der Waals surface area contributed by atoms with Crippen molar-refractivity contribution in [3.63, 3.8) is 0 Å². The largest absolute Gasteiger partial charge is 0.396 e. The number of rotatable bonds is 5. The summed E-state index contributed by atoms with van der Waals surface area (Å²) in [5.41, 5.74) is -0.110. The highest BCUT2D eigenvalue weighted by Crippen LogP contribution is 2.21. The van der Waals surface area contributed by atoms with Gasteiger partial charge in [0.15, 0.2) is 0 Å². The molecule has 1 aliphatic heterocycles. The summed E-state index contributed by atoms with van der Waals surface area (Å²) in [6, 6.07) is -0.0814. The second-order valence-electron chi connectivity index (χ2n) is 6.62. The Labute approximate surface area is 121 Å². The van der Waals surface area contributed by atoms with Crippen molar-refractivity contribution in [2.24, 2.45) is 5.41 Å². The highest BCUT2D eigenvalue weighted by atomic mass is 16.3. The molecular weight excluding hydrogens is 256 g/mol. The Hall–Kier alpha value is -1.10. The van der Waals surface area contributed by atoms with E-state index in [0.717, 1.165) is 19.3 Å². The van der Waals surface area contributed by atoms with Gasteiger partial charge in [-0.1, -0.05) is 27.2 Å². The van der Waals surface area contributed by atoms with Gasteiger partial charge in [-0.2, -0.15) is 0 Å². The summed E-state index contributed by atoms with van der Waals surface area (Å²) in [5.74, 6) is -0.0549. The lowest BCUT2D eigenvalue weighted by atomic mass is 9.85. The van der Waals surface area contributed by atoms with Crippen molar-refractivity contribution < 1.29 is 14.7 Å². The maximum absolute atomic E-state index is 12.1. The average molecular weight is 284 g/mol. The van der Waals surface area contributed by atoms with Crippen LogP contribution < -0.4 is 5.32 Å². The molecule has 2 amide bonds. The number of amides is 2. The zero-order chi connectivity index (χ0) is 15.2. The van der Waals surface area contributed by atoms with Gasteiger partial charge in [0.25, 0.3) is 0 Å². The minimum absolute atomic E-state index is 0.0465. The molecule has 0 saturated carbocycles. The van der Waals surface area contributed by atoms with Gasteiger partial charge in [-0.3, -0.25) is 9.59 Å². The van der Waals surface area contributed by atoms with Crippen molar-refractivity contribution in [1.29, 1.82) is 0 Å². The Balaban J connectivity index is 2.54. The molecule has 0 radical (unpaired) electrons. The summed E-state index contributed by atoms with van der Waals surface area (Å²) >= 11 is 0.